The lowest BCUT2D eigenvalue weighted by molar-refractivity contribution is -0.116. The number of nitriles is 1. The van der Waals surface area contributed by atoms with Crippen molar-refractivity contribution in [2.75, 3.05) is 16.0 Å². The lowest BCUT2D eigenvalue weighted by Crippen LogP contribution is -2.19. The standard InChI is InChI=1S/C24H26N6O2/c1-17-22(18(2)30(29-17)15-7-14-25)12-13-23(31)26-20-10-6-11-21(16-20)28-24(32)27-19-8-4-3-5-9-19/h3-6,8-11,16H,7,12-13,15H2,1-2H3,(H,26,31)(H2,27,28,32). The molecule has 1 heterocycles. The van der Waals surface area contributed by atoms with E-state index in [9.17, 15) is 9.59 Å². The van der Waals surface area contributed by atoms with Crippen LogP contribution in [0.4, 0.5) is 21.9 Å². The third-order valence-electron chi connectivity index (χ3n) is 5.00. The van der Waals surface area contributed by atoms with Gasteiger partial charge < -0.3 is 16.0 Å². The van der Waals surface area contributed by atoms with Gasteiger partial charge in [0.15, 0.2) is 0 Å². The molecule has 0 fully saturated rings. The summed E-state index contributed by atoms with van der Waals surface area (Å²) < 4.78 is 1.82. The molecule has 1 aromatic heterocycles. The number of aromatic nitrogens is 2. The average molecular weight is 431 g/mol. The van der Waals surface area contributed by atoms with Gasteiger partial charge in [-0.1, -0.05) is 24.3 Å². The number of nitrogens with zero attached hydrogens (tertiary/aromatic N) is 3. The summed E-state index contributed by atoms with van der Waals surface area (Å²) in [6, 6.07) is 17.9. The predicted octanol–water partition coefficient (Wildman–Crippen LogP) is 4.63. The first-order valence-corrected chi connectivity index (χ1v) is 10.4. The maximum Gasteiger partial charge on any atom is 0.323 e. The molecule has 3 aromatic rings. The van der Waals surface area contributed by atoms with E-state index in [2.05, 4.69) is 27.1 Å². The van der Waals surface area contributed by atoms with Crippen LogP contribution in [0.25, 0.3) is 0 Å². The van der Waals surface area contributed by atoms with E-state index in [1.54, 1.807) is 36.4 Å². The Morgan fingerprint density at radius 3 is 2.34 bits per heavy atom. The van der Waals surface area contributed by atoms with Crippen molar-refractivity contribution in [1.29, 1.82) is 5.26 Å². The van der Waals surface area contributed by atoms with Crippen LogP contribution in [-0.4, -0.2) is 21.7 Å². The maximum absolute atomic E-state index is 12.5. The minimum absolute atomic E-state index is 0.125. The molecule has 32 heavy (non-hydrogen) atoms. The number of carbonyl (C=O) groups excluding carboxylic acids is 2. The van der Waals surface area contributed by atoms with Gasteiger partial charge in [-0.05, 0) is 56.2 Å². The highest BCUT2D eigenvalue weighted by Gasteiger charge is 2.13. The SMILES string of the molecule is Cc1nn(CCC#N)c(C)c1CCC(=O)Nc1cccc(NC(=O)Nc2ccccc2)c1. The lowest BCUT2D eigenvalue weighted by atomic mass is 10.1. The number of urea groups is 1. The number of para-hydroxylation sites is 1. The molecular weight excluding hydrogens is 404 g/mol. The summed E-state index contributed by atoms with van der Waals surface area (Å²) in [6.07, 6.45) is 1.26. The summed E-state index contributed by atoms with van der Waals surface area (Å²) in [4.78, 5) is 24.7. The van der Waals surface area contributed by atoms with E-state index in [0.29, 0.717) is 42.9 Å². The monoisotopic (exact) mass is 430 g/mol. The van der Waals surface area contributed by atoms with Gasteiger partial charge in [-0.2, -0.15) is 10.4 Å². The summed E-state index contributed by atoms with van der Waals surface area (Å²) in [6.45, 7) is 4.42. The third-order valence-corrected chi connectivity index (χ3v) is 5.00. The number of nitrogens with one attached hydrogen (secondary N) is 3. The number of anilines is 3. The highest BCUT2D eigenvalue weighted by atomic mass is 16.2. The Morgan fingerprint density at radius 1 is 0.969 bits per heavy atom. The maximum atomic E-state index is 12.5. The van der Waals surface area contributed by atoms with Crippen molar-refractivity contribution in [1.82, 2.24) is 9.78 Å². The zero-order valence-electron chi connectivity index (χ0n) is 18.2. The van der Waals surface area contributed by atoms with E-state index in [4.69, 9.17) is 5.26 Å². The Bertz CT molecular complexity index is 1130. The predicted molar refractivity (Wildman–Crippen MR) is 124 cm³/mol. The molecule has 0 atom stereocenters. The highest BCUT2D eigenvalue weighted by molar-refractivity contribution is 6.00. The molecule has 0 aliphatic rings. The largest absolute Gasteiger partial charge is 0.326 e. The third kappa shape index (κ3) is 6.19. The molecule has 0 saturated carbocycles. The number of carbonyl (C=O) groups is 2. The molecular formula is C24H26N6O2. The first-order chi connectivity index (χ1) is 15.5. The average Bonchev–Trinajstić information content (AvgIpc) is 3.04. The Kier molecular flexibility index (Phi) is 7.60. The van der Waals surface area contributed by atoms with Gasteiger partial charge in [0, 0.05) is 29.2 Å². The molecule has 0 aliphatic heterocycles. The zero-order valence-corrected chi connectivity index (χ0v) is 18.2. The van der Waals surface area contributed by atoms with E-state index < -0.39 is 0 Å². The van der Waals surface area contributed by atoms with Crippen molar-refractivity contribution < 1.29 is 9.59 Å². The van der Waals surface area contributed by atoms with E-state index in [-0.39, 0.29) is 11.9 Å². The van der Waals surface area contributed by atoms with Gasteiger partial charge in [-0.25, -0.2) is 4.79 Å². The minimum Gasteiger partial charge on any atom is -0.326 e. The van der Waals surface area contributed by atoms with Crippen LogP contribution in [0.5, 0.6) is 0 Å². The van der Waals surface area contributed by atoms with Crippen LogP contribution in [-0.2, 0) is 17.8 Å². The summed E-state index contributed by atoms with van der Waals surface area (Å²) in [5.74, 6) is -0.125. The zero-order chi connectivity index (χ0) is 22.9. The van der Waals surface area contributed by atoms with Gasteiger partial charge in [0.1, 0.15) is 0 Å². The van der Waals surface area contributed by atoms with Crippen molar-refractivity contribution in [2.45, 2.75) is 39.7 Å². The van der Waals surface area contributed by atoms with Crippen LogP contribution in [0, 0.1) is 25.2 Å². The van der Waals surface area contributed by atoms with E-state index >= 15 is 0 Å². The van der Waals surface area contributed by atoms with Gasteiger partial charge in [-0.15, -0.1) is 0 Å². The molecule has 8 nitrogen and oxygen atoms in total. The number of amides is 3. The highest BCUT2D eigenvalue weighted by Crippen LogP contribution is 2.18. The quantitative estimate of drug-likeness (QED) is 0.484. The number of rotatable bonds is 8. The number of aryl methyl sites for hydroxylation is 2. The fraction of sp³-hybridized carbons (Fsp3) is 0.250. The molecule has 0 spiro atoms. The van der Waals surface area contributed by atoms with Crippen LogP contribution >= 0.6 is 0 Å². The molecule has 2 aromatic carbocycles. The molecule has 0 bridgehead atoms. The smallest absolute Gasteiger partial charge is 0.323 e. The summed E-state index contributed by atoms with van der Waals surface area (Å²) in [5.41, 5.74) is 4.76. The first-order valence-electron chi connectivity index (χ1n) is 10.4. The number of benzene rings is 2. The van der Waals surface area contributed by atoms with Gasteiger partial charge in [0.2, 0.25) is 5.91 Å². The molecule has 0 saturated heterocycles. The van der Waals surface area contributed by atoms with Crippen LogP contribution in [0.3, 0.4) is 0 Å². The van der Waals surface area contributed by atoms with Crippen molar-refractivity contribution in [3.8, 4) is 6.07 Å². The second-order valence-electron chi connectivity index (χ2n) is 7.35. The molecule has 8 heteroatoms. The van der Waals surface area contributed by atoms with Crippen molar-refractivity contribution >= 4 is 29.0 Å². The van der Waals surface area contributed by atoms with Gasteiger partial charge in [-0.3, -0.25) is 9.48 Å². The molecule has 3 rings (SSSR count). The van der Waals surface area contributed by atoms with E-state index in [1.165, 1.54) is 0 Å². The Hall–Kier alpha value is -4.12. The van der Waals surface area contributed by atoms with Gasteiger partial charge in [0.05, 0.1) is 24.7 Å². The fourth-order valence-electron chi connectivity index (χ4n) is 3.42. The molecule has 164 valence electrons. The number of hydrogen-bond donors (Lipinski definition) is 3. The molecule has 0 unspecified atom stereocenters. The van der Waals surface area contributed by atoms with Crippen LogP contribution in [0.2, 0.25) is 0 Å². The topological polar surface area (TPSA) is 112 Å². The van der Waals surface area contributed by atoms with E-state index in [1.807, 2.05) is 36.7 Å². The van der Waals surface area contributed by atoms with Gasteiger partial charge >= 0.3 is 6.03 Å². The minimum atomic E-state index is -0.362. The second-order valence-corrected chi connectivity index (χ2v) is 7.35. The number of hydrogen-bond acceptors (Lipinski definition) is 4. The molecule has 3 amide bonds. The summed E-state index contributed by atoms with van der Waals surface area (Å²) in [5, 5.41) is 21.6. The van der Waals surface area contributed by atoms with Crippen LogP contribution in [0.1, 0.15) is 29.8 Å². The van der Waals surface area contributed by atoms with Gasteiger partial charge in [0.25, 0.3) is 0 Å². The molecule has 0 aliphatic carbocycles. The Labute approximate surface area is 187 Å². The van der Waals surface area contributed by atoms with Crippen molar-refractivity contribution in [2.24, 2.45) is 0 Å². The lowest BCUT2D eigenvalue weighted by Gasteiger charge is -2.10. The van der Waals surface area contributed by atoms with Crippen LogP contribution in [0.15, 0.2) is 54.6 Å². The van der Waals surface area contributed by atoms with Crippen molar-refractivity contribution in [3.63, 3.8) is 0 Å². The molecule has 3 N–H and O–H groups in total. The fourth-order valence-corrected chi connectivity index (χ4v) is 3.42. The summed E-state index contributed by atoms with van der Waals surface area (Å²) >= 11 is 0. The van der Waals surface area contributed by atoms with Crippen molar-refractivity contribution in [3.05, 3.63) is 71.5 Å². The van der Waals surface area contributed by atoms with E-state index in [0.717, 1.165) is 17.0 Å². The molecule has 0 radical (unpaired) electrons. The Morgan fingerprint density at radius 2 is 1.62 bits per heavy atom. The Balaban J connectivity index is 1.54. The van der Waals surface area contributed by atoms with Crippen LogP contribution < -0.4 is 16.0 Å². The first kappa shape index (κ1) is 22.6. The second kappa shape index (κ2) is 10.8. The summed E-state index contributed by atoms with van der Waals surface area (Å²) in [7, 11) is 0. The normalized spacial score (nSPS) is 10.3.